The highest BCUT2D eigenvalue weighted by molar-refractivity contribution is 4.90. The van der Waals surface area contributed by atoms with Gasteiger partial charge < -0.3 is 0 Å². The van der Waals surface area contributed by atoms with Crippen LogP contribution in [0.2, 0.25) is 0 Å². The third-order valence-electron chi connectivity index (χ3n) is 2.08. The third kappa shape index (κ3) is 7.59. The Bertz CT molecular complexity index is 142. The fourth-order valence-electron chi connectivity index (χ4n) is 0.986. The van der Waals surface area contributed by atoms with Crippen LogP contribution in [-0.4, -0.2) is 0 Å². The third-order valence-corrected chi connectivity index (χ3v) is 2.08. The van der Waals surface area contributed by atoms with E-state index in [4.69, 9.17) is 0 Å². The van der Waals surface area contributed by atoms with Crippen molar-refractivity contribution in [3.05, 3.63) is 24.3 Å². The molecule has 0 aliphatic heterocycles. The molecule has 0 heterocycles. The van der Waals surface area contributed by atoms with E-state index < -0.39 is 0 Å². The Morgan fingerprint density at radius 1 is 1.50 bits per heavy atom. The van der Waals surface area contributed by atoms with Crippen molar-refractivity contribution < 1.29 is 0 Å². The standard InChI is InChI=1S/C12H22/c1-5-12(4)10-8-6-7-9-11(2)3/h8,10,12H,2,5-7,9H2,1,3-4H3. The molecular weight excluding hydrogens is 144 g/mol. The Hall–Kier alpha value is -0.520. The van der Waals surface area contributed by atoms with Crippen LogP contribution < -0.4 is 0 Å². The first kappa shape index (κ1) is 11.5. The Morgan fingerprint density at radius 2 is 2.17 bits per heavy atom. The van der Waals surface area contributed by atoms with Gasteiger partial charge in [-0.05, 0) is 32.1 Å². The first-order chi connectivity index (χ1) is 5.66. The molecule has 1 unspecified atom stereocenters. The summed E-state index contributed by atoms with van der Waals surface area (Å²) in [5.41, 5.74) is 1.30. The first-order valence-electron chi connectivity index (χ1n) is 4.97. The highest BCUT2D eigenvalue weighted by Crippen LogP contribution is 2.07. The predicted octanol–water partition coefficient (Wildman–Crippen LogP) is 4.34. The molecule has 0 N–H and O–H groups in total. The van der Waals surface area contributed by atoms with Crippen molar-refractivity contribution in [2.75, 3.05) is 0 Å². The topological polar surface area (TPSA) is 0 Å². The van der Waals surface area contributed by atoms with Gasteiger partial charge in [0.05, 0.1) is 0 Å². The van der Waals surface area contributed by atoms with Crippen LogP contribution in [0.5, 0.6) is 0 Å². The fourth-order valence-corrected chi connectivity index (χ4v) is 0.986. The zero-order valence-corrected chi connectivity index (χ0v) is 8.77. The molecule has 0 rings (SSSR count). The minimum Gasteiger partial charge on any atom is -0.100 e. The largest absolute Gasteiger partial charge is 0.100 e. The molecule has 0 fully saturated rings. The molecule has 0 heteroatoms. The van der Waals surface area contributed by atoms with E-state index in [2.05, 4.69) is 39.5 Å². The van der Waals surface area contributed by atoms with E-state index in [-0.39, 0.29) is 0 Å². The molecule has 70 valence electrons. The summed E-state index contributed by atoms with van der Waals surface area (Å²) >= 11 is 0. The Kier molecular flexibility index (Phi) is 6.84. The summed E-state index contributed by atoms with van der Waals surface area (Å²) in [7, 11) is 0. The van der Waals surface area contributed by atoms with Gasteiger partial charge in [-0.2, -0.15) is 0 Å². The summed E-state index contributed by atoms with van der Waals surface area (Å²) in [6.07, 6.45) is 9.50. The molecule has 0 bridgehead atoms. The summed E-state index contributed by atoms with van der Waals surface area (Å²) in [6.45, 7) is 10.5. The maximum atomic E-state index is 3.88. The minimum atomic E-state index is 0.745. The normalized spacial score (nSPS) is 13.6. The maximum absolute atomic E-state index is 3.88. The summed E-state index contributed by atoms with van der Waals surface area (Å²) in [6, 6.07) is 0. The molecule has 0 saturated carbocycles. The number of hydrogen-bond acceptors (Lipinski definition) is 0. The molecule has 0 radical (unpaired) electrons. The molecule has 0 spiro atoms. The quantitative estimate of drug-likeness (QED) is 0.407. The molecular formula is C12H22. The summed E-state index contributed by atoms with van der Waals surface area (Å²) < 4.78 is 0. The Balaban J connectivity index is 3.30. The van der Waals surface area contributed by atoms with Crippen molar-refractivity contribution in [2.24, 2.45) is 5.92 Å². The monoisotopic (exact) mass is 166 g/mol. The molecule has 0 nitrogen and oxygen atoms in total. The maximum Gasteiger partial charge on any atom is -0.0265 e. The van der Waals surface area contributed by atoms with E-state index in [0.29, 0.717) is 0 Å². The van der Waals surface area contributed by atoms with Crippen molar-refractivity contribution in [1.29, 1.82) is 0 Å². The Labute approximate surface area is 77.4 Å². The van der Waals surface area contributed by atoms with Crippen LogP contribution >= 0.6 is 0 Å². The van der Waals surface area contributed by atoms with Gasteiger partial charge in [0.2, 0.25) is 0 Å². The van der Waals surface area contributed by atoms with E-state index in [1.807, 2.05) is 0 Å². The molecule has 0 aliphatic carbocycles. The van der Waals surface area contributed by atoms with E-state index in [1.165, 1.54) is 31.3 Å². The second kappa shape index (κ2) is 7.15. The zero-order valence-electron chi connectivity index (χ0n) is 8.77. The smallest absolute Gasteiger partial charge is 0.0265 e. The second-order valence-corrected chi connectivity index (χ2v) is 3.66. The van der Waals surface area contributed by atoms with E-state index >= 15 is 0 Å². The van der Waals surface area contributed by atoms with Crippen LogP contribution in [0.1, 0.15) is 46.5 Å². The molecule has 1 atom stereocenters. The van der Waals surface area contributed by atoms with Gasteiger partial charge in [0.1, 0.15) is 0 Å². The molecule has 0 aliphatic rings. The van der Waals surface area contributed by atoms with E-state index in [9.17, 15) is 0 Å². The van der Waals surface area contributed by atoms with Crippen LogP contribution in [-0.2, 0) is 0 Å². The average molecular weight is 166 g/mol. The number of unbranched alkanes of at least 4 members (excludes halogenated alkanes) is 1. The molecule has 0 aromatic rings. The molecule has 12 heavy (non-hydrogen) atoms. The number of allylic oxidation sites excluding steroid dienone is 3. The van der Waals surface area contributed by atoms with Crippen molar-refractivity contribution in [3.8, 4) is 0 Å². The van der Waals surface area contributed by atoms with E-state index in [1.54, 1.807) is 0 Å². The van der Waals surface area contributed by atoms with Crippen LogP contribution in [0.4, 0.5) is 0 Å². The lowest BCUT2D eigenvalue weighted by molar-refractivity contribution is 0.692. The minimum absolute atomic E-state index is 0.745. The van der Waals surface area contributed by atoms with Crippen molar-refractivity contribution in [2.45, 2.75) is 46.5 Å². The lowest BCUT2D eigenvalue weighted by atomic mass is 10.1. The zero-order chi connectivity index (χ0) is 9.40. The van der Waals surface area contributed by atoms with Gasteiger partial charge in [0.25, 0.3) is 0 Å². The molecule has 0 aromatic carbocycles. The van der Waals surface area contributed by atoms with Gasteiger partial charge in [-0.3, -0.25) is 0 Å². The lowest BCUT2D eigenvalue weighted by Gasteiger charge is -1.99. The summed E-state index contributed by atoms with van der Waals surface area (Å²) in [5, 5.41) is 0. The lowest BCUT2D eigenvalue weighted by Crippen LogP contribution is -1.84. The second-order valence-electron chi connectivity index (χ2n) is 3.66. The first-order valence-corrected chi connectivity index (χ1v) is 4.97. The van der Waals surface area contributed by atoms with Crippen molar-refractivity contribution in [1.82, 2.24) is 0 Å². The number of hydrogen-bond donors (Lipinski definition) is 0. The predicted molar refractivity (Wildman–Crippen MR) is 57.3 cm³/mol. The average Bonchev–Trinajstić information content (AvgIpc) is 2.03. The molecule has 0 aromatic heterocycles. The van der Waals surface area contributed by atoms with Gasteiger partial charge in [-0.1, -0.05) is 38.0 Å². The summed E-state index contributed by atoms with van der Waals surface area (Å²) in [5.74, 6) is 0.745. The van der Waals surface area contributed by atoms with Crippen LogP contribution in [0.25, 0.3) is 0 Å². The van der Waals surface area contributed by atoms with E-state index in [0.717, 1.165) is 5.92 Å². The highest BCUT2D eigenvalue weighted by Gasteiger charge is 1.90. The van der Waals surface area contributed by atoms with Crippen LogP contribution in [0.15, 0.2) is 24.3 Å². The van der Waals surface area contributed by atoms with Gasteiger partial charge >= 0.3 is 0 Å². The van der Waals surface area contributed by atoms with Crippen molar-refractivity contribution in [3.63, 3.8) is 0 Å². The van der Waals surface area contributed by atoms with Gasteiger partial charge in [0.15, 0.2) is 0 Å². The highest BCUT2D eigenvalue weighted by atomic mass is 14.0. The fraction of sp³-hybridized carbons (Fsp3) is 0.667. The van der Waals surface area contributed by atoms with Crippen molar-refractivity contribution >= 4 is 0 Å². The summed E-state index contributed by atoms with van der Waals surface area (Å²) in [4.78, 5) is 0. The van der Waals surface area contributed by atoms with Gasteiger partial charge in [0, 0.05) is 0 Å². The van der Waals surface area contributed by atoms with Crippen LogP contribution in [0.3, 0.4) is 0 Å². The number of rotatable bonds is 6. The van der Waals surface area contributed by atoms with Gasteiger partial charge in [-0.15, -0.1) is 6.58 Å². The molecule has 0 amide bonds. The van der Waals surface area contributed by atoms with Crippen LogP contribution in [0, 0.1) is 5.92 Å². The Morgan fingerprint density at radius 3 is 2.67 bits per heavy atom. The molecule has 0 saturated heterocycles. The SMILES string of the molecule is C=C(C)CCCC=CC(C)CC. The van der Waals surface area contributed by atoms with Gasteiger partial charge in [-0.25, -0.2) is 0 Å².